The zero-order chi connectivity index (χ0) is 28.9. The van der Waals surface area contributed by atoms with Crippen molar-refractivity contribution in [1.82, 2.24) is 30.9 Å². The topological polar surface area (TPSA) is 126 Å². The number of alkyl halides is 2. The number of rotatable bonds is 7. The van der Waals surface area contributed by atoms with E-state index < -0.39 is 11.8 Å². The number of fused-ring (bicyclic) bond motifs is 1. The molecule has 0 saturated heterocycles. The highest BCUT2D eigenvalue weighted by atomic mass is 19.3. The molecule has 0 bridgehead atoms. The molecule has 222 valence electrons. The van der Waals surface area contributed by atoms with Gasteiger partial charge in [-0.15, -0.1) is 0 Å². The maximum Gasteiger partial charge on any atom is 0.275 e. The van der Waals surface area contributed by atoms with Gasteiger partial charge in [0.05, 0.1) is 17.6 Å². The van der Waals surface area contributed by atoms with Crippen molar-refractivity contribution in [1.29, 1.82) is 0 Å². The fraction of sp³-hybridized carbons (Fsp3) is 0.633. The van der Waals surface area contributed by atoms with Gasteiger partial charge in [-0.25, -0.2) is 18.4 Å². The second kappa shape index (κ2) is 12.7. The van der Waals surface area contributed by atoms with Crippen LogP contribution in [0.3, 0.4) is 0 Å². The summed E-state index contributed by atoms with van der Waals surface area (Å²) in [4.78, 5) is 31.5. The first kappa shape index (κ1) is 29.1. The number of aromatic nitrogens is 4. The largest absolute Gasteiger partial charge is 0.352 e. The van der Waals surface area contributed by atoms with Crippen LogP contribution in [0, 0.1) is 18.3 Å². The molecule has 4 fully saturated rings. The maximum atomic E-state index is 12.9. The summed E-state index contributed by atoms with van der Waals surface area (Å²) in [6, 6.07) is 5.47. The summed E-state index contributed by atoms with van der Waals surface area (Å²) in [7, 11) is 0. The fourth-order valence-corrected chi connectivity index (χ4v) is 5.43. The van der Waals surface area contributed by atoms with E-state index in [9.17, 15) is 18.4 Å². The second-order valence-corrected chi connectivity index (χ2v) is 12.1. The molecule has 9 nitrogen and oxygen atoms in total. The van der Waals surface area contributed by atoms with Crippen molar-refractivity contribution >= 4 is 22.8 Å². The number of amides is 2. The highest BCUT2D eigenvalue weighted by molar-refractivity contribution is 5.92. The van der Waals surface area contributed by atoms with Crippen LogP contribution in [0.1, 0.15) is 111 Å². The fourth-order valence-electron chi connectivity index (χ4n) is 5.43. The molecule has 0 atom stereocenters. The van der Waals surface area contributed by atoms with Gasteiger partial charge in [-0.2, -0.15) is 0 Å². The number of aryl methyl sites for hydroxylation is 1. The lowest BCUT2D eigenvalue weighted by Crippen LogP contribution is -2.38. The molecule has 3 aromatic rings. The summed E-state index contributed by atoms with van der Waals surface area (Å²) >= 11 is 0. The number of carbonyl (C=O) groups excluding carboxylic acids is 2. The molecule has 0 unspecified atom stereocenters. The van der Waals surface area contributed by atoms with E-state index in [0.717, 1.165) is 16.5 Å². The third-order valence-electron chi connectivity index (χ3n) is 8.24. The van der Waals surface area contributed by atoms with E-state index in [1.54, 1.807) is 38.7 Å². The van der Waals surface area contributed by atoms with Gasteiger partial charge in [0.1, 0.15) is 11.5 Å². The van der Waals surface area contributed by atoms with Crippen molar-refractivity contribution in [2.24, 2.45) is 11.3 Å². The van der Waals surface area contributed by atoms with Crippen LogP contribution < -0.4 is 10.6 Å². The van der Waals surface area contributed by atoms with Gasteiger partial charge in [-0.1, -0.05) is 49.7 Å². The average molecular weight is 571 g/mol. The van der Waals surface area contributed by atoms with Crippen LogP contribution in [-0.4, -0.2) is 38.0 Å². The maximum absolute atomic E-state index is 12.9. The lowest BCUT2D eigenvalue weighted by Gasteiger charge is -2.34. The minimum Gasteiger partial charge on any atom is -0.352 e. The Labute approximate surface area is 238 Å². The van der Waals surface area contributed by atoms with Gasteiger partial charge in [0.25, 0.3) is 5.91 Å². The Morgan fingerprint density at radius 3 is 2.27 bits per heavy atom. The molecule has 11 heteroatoms. The predicted molar refractivity (Wildman–Crippen MR) is 149 cm³/mol. The third kappa shape index (κ3) is 8.56. The van der Waals surface area contributed by atoms with Gasteiger partial charge >= 0.3 is 0 Å². The van der Waals surface area contributed by atoms with E-state index in [1.165, 1.54) is 38.5 Å². The SMILES string of the molecule is C1CC1.C1CCC2(CC1)CC2.Cc1nonc1C(=O)NCc1nc2ccc(CNC(=O)CC3CC(F)(F)C3)cc2[nH]1. The summed E-state index contributed by atoms with van der Waals surface area (Å²) in [6.07, 6.45) is 15.0. The monoisotopic (exact) mass is 570 g/mol. The number of imidazole rings is 1. The molecular weight excluding hydrogens is 530 g/mol. The van der Waals surface area contributed by atoms with Gasteiger partial charge in [0.15, 0.2) is 5.69 Å². The second-order valence-electron chi connectivity index (χ2n) is 12.1. The molecule has 4 aliphatic carbocycles. The summed E-state index contributed by atoms with van der Waals surface area (Å²) in [6.45, 7) is 2.08. The number of hydrogen-bond donors (Lipinski definition) is 3. The molecule has 2 aromatic heterocycles. The zero-order valence-corrected chi connectivity index (χ0v) is 23.7. The van der Waals surface area contributed by atoms with Crippen molar-refractivity contribution in [2.45, 2.75) is 109 Å². The molecule has 1 aromatic carbocycles. The van der Waals surface area contributed by atoms with Crippen LogP contribution in [0.5, 0.6) is 0 Å². The number of H-pyrrole nitrogens is 1. The zero-order valence-electron chi connectivity index (χ0n) is 23.7. The first-order chi connectivity index (χ1) is 19.7. The van der Waals surface area contributed by atoms with Crippen LogP contribution in [0.15, 0.2) is 22.8 Å². The van der Waals surface area contributed by atoms with E-state index >= 15 is 0 Å². The molecule has 4 aliphatic rings. The number of nitrogens with zero attached hydrogens (tertiary/aromatic N) is 3. The molecule has 0 radical (unpaired) electrons. The molecule has 1 spiro atoms. The summed E-state index contributed by atoms with van der Waals surface area (Å²) in [5.41, 5.74) is 3.76. The number of benzene rings is 1. The van der Waals surface area contributed by atoms with Gasteiger partial charge in [-0.05, 0) is 66.8 Å². The Bertz CT molecular complexity index is 1330. The predicted octanol–water partition coefficient (Wildman–Crippen LogP) is 6.14. The highest BCUT2D eigenvalue weighted by Crippen LogP contribution is 2.56. The molecule has 4 saturated carbocycles. The number of halogens is 2. The standard InChI is InChI=1S/C19H20F2N6O3.C8H14.C3H6/c1-10-17(27-30-26-10)18(29)23-9-15-24-13-3-2-11(4-14(13)25-15)8-22-16(28)5-12-6-19(20,21)7-12;1-2-4-8(5-3-1)6-7-8;1-2-3-1/h2-4,12H,5-9H2,1H3,(H,22,28)(H,23,29)(H,24,25);1-7H2;1-3H2. The Balaban J connectivity index is 0.000000251. The first-order valence-corrected chi connectivity index (χ1v) is 14.9. The van der Waals surface area contributed by atoms with Crippen molar-refractivity contribution in [3.05, 3.63) is 41.0 Å². The van der Waals surface area contributed by atoms with E-state index in [1.807, 2.05) is 12.1 Å². The van der Waals surface area contributed by atoms with Crippen molar-refractivity contribution in [3.8, 4) is 0 Å². The Kier molecular flexibility index (Phi) is 8.99. The van der Waals surface area contributed by atoms with Crippen LogP contribution in [0.2, 0.25) is 0 Å². The van der Waals surface area contributed by atoms with Crippen LogP contribution >= 0.6 is 0 Å². The summed E-state index contributed by atoms with van der Waals surface area (Å²) in [5.74, 6) is -2.95. The first-order valence-electron chi connectivity index (χ1n) is 14.9. The number of hydrogen-bond acceptors (Lipinski definition) is 6. The molecule has 7 rings (SSSR count). The number of carbonyl (C=O) groups is 2. The Morgan fingerprint density at radius 1 is 0.976 bits per heavy atom. The van der Waals surface area contributed by atoms with Crippen LogP contribution in [0.25, 0.3) is 11.0 Å². The number of nitrogens with one attached hydrogen (secondary N) is 3. The smallest absolute Gasteiger partial charge is 0.275 e. The third-order valence-corrected chi connectivity index (χ3v) is 8.24. The van der Waals surface area contributed by atoms with Gasteiger partial charge in [0, 0.05) is 25.8 Å². The Hall–Kier alpha value is -3.37. The summed E-state index contributed by atoms with van der Waals surface area (Å²) < 4.78 is 30.2. The van der Waals surface area contributed by atoms with E-state index in [-0.39, 0.29) is 43.3 Å². The quantitative estimate of drug-likeness (QED) is 0.313. The van der Waals surface area contributed by atoms with Crippen LogP contribution in [0.4, 0.5) is 8.78 Å². The normalized spacial score (nSPS) is 19.7. The minimum atomic E-state index is -2.61. The summed E-state index contributed by atoms with van der Waals surface area (Å²) in [5, 5.41) is 12.6. The van der Waals surface area contributed by atoms with Gasteiger partial charge < -0.3 is 15.6 Å². The van der Waals surface area contributed by atoms with Gasteiger partial charge in [0.2, 0.25) is 11.8 Å². The highest BCUT2D eigenvalue weighted by Gasteiger charge is 2.45. The molecule has 2 amide bonds. The molecular formula is C30H40F2N6O3. The van der Waals surface area contributed by atoms with Crippen molar-refractivity contribution < 1.29 is 23.0 Å². The average Bonchev–Trinajstić information content (AvgIpc) is 3.87. The molecule has 0 aliphatic heterocycles. The van der Waals surface area contributed by atoms with Crippen molar-refractivity contribution in [3.63, 3.8) is 0 Å². The molecule has 3 N–H and O–H groups in total. The molecule has 41 heavy (non-hydrogen) atoms. The number of aromatic amines is 1. The van der Waals surface area contributed by atoms with E-state index in [2.05, 4.69) is 35.5 Å². The lowest BCUT2D eigenvalue weighted by molar-refractivity contribution is -0.133. The van der Waals surface area contributed by atoms with E-state index in [0.29, 0.717) is 23.6 Å². The Morgan fingerprint density at radius 2 is 1.68 bits per heavy atom. The van der Waals surface area contributed by atoms with Crippen molar-refractivity contribution in [2.75, 3.05) is 0 Å². The lowest BCUT2D eigenvalue weighted by atomic mass is 9.79. The van der Waals surface area contributed by atoms with E-state index in [4.69, 9.17) is 0 Å². The van der Waals surface area contributed by atoms with Crippen LogP contribution in [-0.2, 0) is 17.9 Å². The van der Waals surface area contributed by atoms with Gasteiger partial charge in [-0.3, -0.25) is 9.59 Å². The minimum absolute atomic E-state index is 0.117. The molecule has 2 heterocycles.